The molecule has 0 bridgehead atoms. The van der Waals surface area contributed by atoms with Gasteiger partial charge in [0.2, 0.25) is 5.91 Å². The first kappa shape index (κ1) is 13.1. The average Bonchev–Trinajstić information content (AvgIpc) is 2.13. The fourth-order valence-electron chi connectivity index (χ4n) is 0.768. The molecule has 0 heterocycles. The Morgan fingerprint density at radius 1 is 1.50 bits per heavy atom. The highest BCUT2D eigenvalue weighted by atomic mass is 32.2. The molecule has 0 aromatic carbocycles. The number of hydrogen-bond acceptors (Lipinski definition) is 3. The number of aliphatic carboxylic acids is 1. The summed E-state index contributed by atoms with van der Waals surface area (Å²) in [5, 5.41) is 10.2. The summed E-state index contributed by atoms with van der Waals surface area (Å²) in [6.45, 7) is 3.69. The second kappa shape index (κ2) is 6.53. The van der Waals surface area contributed by atoms with Gasteiger partial charge in [-0.3, -0.25) is 13.8 Å². The van der Waals surface area contributed by atoms with Crippen molar-refractivity contribution in [2.24, 2.45) is 0 Å². The summed E-state index contributed by atoms with van der Waals surface area (Å²) < 4.78 is 11.2. The van der Waals surface area contributed by atoms with E-state index in [1.165, 1.54) is 6.92 Å². The molecule has 0 spiro atoms. The summed E-state index contributed by atoms with van der Waals surface area (Å²) in [5.41, 5.74) is 0. The number of carbonyl (C=O) groups is 2. The monoisotopic (exact) mass is 221 g/mol. The van der Waals surface area contributed by atoms with E-state index < -0.39 is 22.0 Å². The second-order valence-electron chi connectivity index (χ2n) is 2.77. The van der Waals surface area contributed by atoms with Crippen LogP contribution in [-0.4, -0.2) is 38.7 Å². The molecule has 0 fully saturated rings. The Morgan fingerprint density at radius 3 is 2.50 bits per heavy atom. The lowest BCUT2D eigenvalue weighted by Gasteiger charge is -2.06. The van der Waals surface area contributed by atoms with Gasteiger partial charge in [-0.05, 0) is 13.8 Å². The number of hydrogen-bond donors (Lipinski definition) is 2. The van der Waals surface area contributed by atoms with Crippen LogP contribution >= 0.6 is 0 Å². The van der Waals surface area contributed by atoms with E-state index in [-0.39, 0.29) is 18.1 Å². The lowest BCUT2D eigenvalue weighted by Crippen LogP contribution is -2.28. The van der Waals surface area contributed by atoms with Crippen LogP contribution in [0.15, 0.2) is 0 Å². The quantitative estimate of drug-likeness (QED) is 0.647. The Hall–Kier alpha value is -0.910. The summed E-state index contributed by atoms with van der Waals surface area (Å²) in [5.74, 6) is -1.20. The van der Waals surface area contributed by atoms with Gasteiger partial charge in [0.25, 0.3) is 0 Å². The summed E-state index contributed by atoms with van der Waals surface area (Å²) in [6.07, 6.45) is 0.109. The van der Waals surface area contributed by atoms with Gasteiger partial charge in [0.1, 0.15) is 5.25 Å². The highest BCUT2D eigenvalue weighted by Gasteiger charge is 2.19. The van der Waals surface area contributed by atoms with Gasteiger partial charge in [-0.2, -0.15) is 0 Å². The van der Waals surface area contributed by atoms with Gasteiger partial charge in [-0.15, -0.1) is 0 Å². The second-order valence-corrected chi connectivity index (χ2v) is 4.65. The molecular weight excluding hydrogens is 206 g/mol. The Kier molecular flexibility index (Phi) is 6.11. The van der Waals surface area contributed by atoms with E-state index in [0.29, 0.717) is 6.54 Å². The van der Waals surface area contributed by atoms with E-state index in [9.17, 15) is 13.8 Å². The summed E-state index contributed by atoms with van der Waals surface area (Å²) >= 11 is 0. The molecule has 0 rings (SSSR count). The third-order valence-electron chi connectivity index (χ3n) is 1.65. The van der Waals surface area contributed by atoms with Crippen LogP contribution in [0.4, 0.5) is 0 Å². The van der Waals surface area contributed by atoms with E-state index in [1.54, 1.807) is 6.92 Å². The van der Waals surface area contributed by atoms with Gasteiger partial charge >= 0.3 is 5.97 Å². The molecule has 2 unspecified atom stereocenters. The zero-order valence-corrected chi connectivity index (χ0v) is 9.10. The highest BCUT2D eigenvalue weighted by molar-refractivity contribution is 7.86. The SMILES string of the molecule is CCNC(=O)CCS(=O)C(C)C(=O)O. The van der Waals surface area contributed by atoms with Crippen molar-refractivity contribution in [1.82, 2.24) is 5.32 Å². The van der Waals surface area contributed by atoms with E-state index >= 15 is 0 Å². The molecule has 1 amide bonds. The molecule has 0 saturated carbocycles. The molecule has 0 saturated heterocycles. The summed E-state index contributed by atoms with van der Waals surface area (Å²) in [4.78, 5) is 21.4. The first-order valence-corrected chi connectivity index (χ1v) is 5.74. The number of carboxylic acids is 1. The van der Waals surface area contributed by atoms with Crippen molar-refractivity contribution >= 4 is 22.7 Å². The zero-order chi connectivity index (χ0) is 11.1. The number of nitrogens with one attached hydrogen (secondary N) is 1. The Labute approximate surface area is 85.3 Å². The van der Waals surface area contributed by atoms with Crippen LogP contribution in [0.5, 0.6) is 0 Å². The molecule has 6 heteroatoms. The fraction of sp³-hybridized carbons (Fsp3) is 0.750. The molecule has 82 valence electrons. The van der Waals surface area contributed by atoms with Crippen molar-refractivity contribution < 1.29 is 18.9 Å². The number of amides is 1. The topological polar surface area (TPSA) is 83.5 Å². The average molecular weight is 221 g/mol. The van der Waals surface area contributed by atoms with Crippen LogP contribution in [0.3, 0.4) is 0 Å². The van der Waals surface area contributed by atoms with Crippen LogP contribution in [-0.2, 0) is 20.4 Å². The maximum atomic E-state index is 11.2. The van der Waals surface area contributed by atoms with Crippen LogP contribution in [0.1, 0.15) is 20.3 Å². The minimum atomic E-state index is -1.48. The van der Waals surface area contributed by atoms with Crippen molar-refractivity contribution in [2.45, 2.75) is 25.5 Å². The van der Waals surface area contributed by atoms with Crippen LogP contribution in [0.2, 0.25) is 0 Å². The van der Waals surface area contributed by atoms with Gasteiger partial charge in [0.05, 0.1) is 0 Å². The summed E-state index contributed by atoms with van der Waals surface area (Å²) in [7, 11) is -1.48. The molecular formula is C8H15NO4S. The number of rotatable bonds is 6. The van der Waals surface area contributed by atoms with Crippen LogP contribution < -0.4 is 5.32 Å². The van der Waals surface area contributed by atoms with Gasteiger partial charge in [-0.25, -0.2) is 0 Å². The molecule has 14 heavy (non-hydrogen) atoms. The maximum Gasteiger partial charge on any atom is 0.318 e. The molecule has 5 nitrogen and oxygen atoms in total. The minimum absolute atomic E-state index is 0.0965. The molecule has 0 aliphatic rings. The van der Waals surface area contributed by atoms with Gasteiger partial charge < -0.3 is 10.4 Å². The molecule has 2 N–H and O–H groups in total. The zero-order valence-electron chi connectivity index (χ0n) is 8.28. The third-order valence-corrected chi connectivity index (χ3v) is 3.24. The van der Waals surface area contributed by atoms with Gasteiger partial charge in [-0.1, -0.05) is 0 Å². The minimum Gasteiger partial charge on any atom is -0.480 e. The molecule has 0 aliphatic heterocycles. The first-order valence-electron chi connectivity index (χ1n) is 4.35. The van der Waals surface area contributed by atoms with E-state index in [1.807, 2.05) is 0 Å². The van der Waals surface area contributed by atoms with Crippen molar-refractivity contribution in [3.05, 3.63) is 0 Å². The fourth-order valence-corrected chi connectivity index (χ4v) is 1.73. The maximum absolute atomic E-state index is 11.2. The highest BCUT2D eigenvalue weighted by Crippen LogP contribution is 1.98. The van der Waals surface area contributed by atoms with Crippen molar-refractivity contribution in [1.29, 1.82) is 0 Å². The molecule has 0 aromatic rings. The largest absolute Gasteiger partial charge is 0.480 e. The lowest BCUT2D eigenvalue weighted by molar-refractivity contribution is -0.136. The lowest BCUT2D eigenvalue weighted by atomic mass is 10.4. The van der Waals surface area contributed by atoms with E-state index in [0.717, 1.165) is 0 Å². The number of carbonyl (C=O) groups excluding carboxylic acids is 1. The third kappa shape index (κ3) is 4.96. The standard InChI is InChI=1S/C8H15NO4S/c1-3-9-7(10)4-5-14(13)6(2)8(11)12/h6H,3-5H2,1-2H3,(H,9,10)(H,11,12). The van der Waals surface area contributed by atoms with Crippen molar-refractivity contribution in [2.75, 3.05) is 12.3 Å². The summed E-state index contributed by atoms with van der Waals surface area (Å²) in [6, 6.07) is 0. The Balaban J connectivity index is 3.85. The predicted octanol–water partition coefficient (Wildman–Crippen LogP) is -0.266. The van der Waals surface area contributed by atoms with E-state index in [2.05, 4.69) is 5.32 Å². The van der Waals surface area contributed by atoms with Crippen molar-refractivity contribution in [3.8, 4) is 0 Å². The first-order chi connectivity index (χ1) is 6.49. The predicted molar refractivity (Wildman–Crippen MR) is 53.4 cm³/mol. The number of carboxylic acid groups (broad SMARTS) is 1. The smallest absolute Gasteiger partial charge is 0.318 e. The van der Waals surface area contributed by atoms with E-state index in [4.69, 9.17) is 5.11 Å². The normalized spacial score (nSPS) is 14.4. The van der Waals surface area contributed by atoms with Crippen LogP contribution in [0.25, 0.3) is 0 Å². The molecule has 2 atom stereocenters. The van der Waals surface area contributed by atoms with Gasteiger partial charge in [0.15, 0.2) is 0 Å². The molecule has 0 aliphatic carbocycles. The van der Waals surface area contributed by atoms with Gasteiger partial charge in [0, 0.05) is 29.5 Å². The molecule has 0 radical (unpaired) electrons. The van der Waals surface area contributed by atoms with Crippen LogP contribution in [0, 0.1) is 0 Å². The Morgan fingerprint density at radius 2 is 2.07 bits per heavy atom. The van der Waals surface area contributed by atoms with Crippen molar-refractivity contribution in [3.63, 3.8) is 0 Å². The Bertz CT molecular complexity index is 241. The molecule has 0 aromatic heterocycles.